The van der Waals surface area contributed by atoms with Gasteiger partial charge in [-0.25, -0.2) is 4.57 Å². The molecule has 7 atom stereocenters. The second kappa shape index (κ2) is 12.0. The van der Waals surface area contributed by atoms with Crippen LogP contribution in [-0.2, 0) is 47.4 Å². The molecule has 1 saturated carbocycles. The van der Waals surface area contributed by atoms with E-state index >= 15 is 0 Å². The maximum atomic E-state index is 13.3. The van der Waals surface area contributed by atoms with Gasteiger partial charge in [-0.3, -0.25) is 13.6 Å². The molecule has 2 aliphatic rings. The monoisotopic (exact) mass is 526 g/mol. The predicted molar refractivity (Wildman–Crippen MR) is 135 cm³/mol. The number of hydrogen-bond acceptors (Lipinski definition) is 8. The Morgan fingerprint density at radius 1 is 0.703 bits per heavy atom. The van der Waals surface area contributed by atoms with Gasteiger partial charge in [0.25, 0.3) is 0 Å². The van der Waals surface area contributed by atoms with E-state index in [-0.39, 0.29) is 26.4 Å². The Labute approximate surface area is 216 Å². The highest BCUT2D eigenvalue weighted by Gasteiger charge is 2.57. The third-order valence-electron chi connectivity index (χ3n) is 6.67. The van der Waals surface area contributed by atoms with Crippen molar-refractivity contribution in [3.05, 3.63) is 108 Å². The molecule has 0 amide bonds. The average Bonchev–Trinajstić information content (AvgIpc) is 2.94. The minimum Gasteiger partial charge on any atom is -0.388 e. The van der Waals surface area contributed by atoms with Crippen molar-refractivity contribution in [2.75, 3.05) is 6.61 Å². The number of ether oxygens (including phenoxy) is 2. The molecule has 1 heterocycles. The smallest absolute Gasteiger partial charge is 0.388 e. The maximum Gasteiger partial charge on any atom is 0.475 e. The third kappa shape index (κ3) is 6.37. The molecule has 2 N–H and O–H groups in total. The Morgan fingerprint density at radius 2 is 1.19 bits per heavy atom. The number of aliphatic hydroxyl groups is 2. The van der Waals surface area contributed by atoms with Crippen molar-refractivity contribution in [2.45, 2.75) is 50.3 Å². The zero-order valence-corrected chi connectivity index (χ0v) is 21.1. The minimum atomic E-state index is -3.99. The van der Waals surface area contributed by atoms with Crippen molar-refractivity contribution < 1.29 is 37.8 Å². The molecule has 1 saturated heterocycles. The first kappa shape index (κ1) is 26.2. The summed E-state index contributed by atoms with van der Waals surface area (Å²) in [4.78, 5) is 0. The first-order chi connectivity index (χ1) is 18.0. The van der Waals surface area contributed by atoms with E-state index in [0.717, 1.165) is 16.7 Å². The fourth-order valence-electron chi connectivity index (χ4n) is 4.70. The number of rotatable bonds is 9. The van der Waals surface area contributed by atoms with Crippen molar-refractivity contribution in [3.63, 3.8) is 0 Å². The molecule has 37 heavy (non-hydrogen) atoms. The first-order valence-corrected chi connectivity index (χ1v) is 13.8. The van der Waals surface area contributed by atoms with Crippen LogP contribution in [0.4, 0.5) is 0 Å². The van der Waals surface area contributed by atoms with Gasteiger partial charge in [-0.2, -0.15) is 0 Å². The number of phosphoric ester groups is 1. The van der Waals surface area contributed by atoms with Gasteiger partial charge in [0.2, 0.25) is 0 Å². The molecule has 1 aliphatic heterocycles. The standard InChI is InChI=1S/C28H31O8P/c29-24-26(32-16-20-10-4-1-5-11-20)23-19-35-37(31,34-18-22-14-8-3-9-15-22)36-27(23)25(30)28(24)33-17-21-12-6-2-7-13-21/h1-15,23-30H,16-19H2/t23-,24+,25-,26-,27+,28-,37?/m0/s1. The largest absolute Gasteiger partial charge is 0.475 e. The van der Waals surface area contributed by atoms with Gasteiger partial charge in [-0.1, -0.05) is 91.0 Å². The highest BCUT2D eigenvalue weighted by atomic mass is 31.2. The number of benzene rings is 3. The summed E-state index contributed by atoms with van der Waals surface area (Å²) in [6.07, 6.45) is -5.27. The van der Waals surface area contributed by atoms with Crippen molar-refractivity contribution in [1.29, 1.82) is 0 Å². The van der Waals surface area contributed by atoms with Crippen LogP contribution in [0.15, 0.2) is 91.0 Å². The molecule has 2 fully saturated rings. The molecule has 9 heteroatoms. The Hall–Kier alpha value is -2.39. The summed E-state index contributed by atoms with van der Waals surface area (Å²) in [6, 6.07) is 28.3. The van der Waals surface area contributed by atoms with Crippen LogP contribution in [0.5, 0.6) is 0 Å². The summed E-state index contributed by atoms with van der Waals surface area (Å²) in [7, 11) is -3.99. The van der Waals surface area contributed by atoms with Crippen LogP contribution in [0.2, 0.25) is 0 Å². The van der Waals surface area contributed by atoms with Crippen LogP contribution in [-0.4, -0.2) is 47.3 Å². The highest BCUT2D eigenvalue weighted by molar-refractivity contribution is 7.48. The van der Waals surface area contributed by atoms with E-state index in [2.05, 4.69) is 0 Å². The lowest BCUT2D eigenvalue weighted by atomic mass is 9.78. The summed E-state index contributed by atoms with van der Waals surface area (Å²) >= 11 is 0. The molecule has 8 nitrogen and oxygen atoms in total. The zero-order valence-electron chi connectivity index (χ0n) is 20.2. The van der Waals surface area contributed by atoms with Gasteiger partial charge in [-0.15, -0.1) is 0 Å². The number of aliphatic hydroxyl groups excluding tert-OH is 2. The van der Waals surface area contributed by atoms with E-state index in [1.54, 1.807) is 0 Å². The number of phosphoric acid groups is 1. The van der Waals surface area contributed by atoms with E-state index < -0.39 is 44.3 Å². The van der Waals surface area contributed by atoms with Crippen LogP contribution in [0.3, 0.4) is 0 Å². The second-order valence-corrected chi connectivity index (χ2v) is 10.9. The zero-order chi connectivity index (χ0) is 25.7. The van der Waals surface area contributed by atoms with Gasteiger partial charge >= 0.3 is 7.82 Å². The fourth-order valence-corrected chi connectivity index (χ4v) is 6.14. The summed E-state index contributed by atoms with van der Waals surface area (Å²) in [5.74, 6) is -0.590. The molecule has 0 bridgehead atoms. The van der Waals surface area contributed by atoms with E-state index in [4.69, 9.17) is 23.0 Å². The molecular formula is C28H31O8P. The van der Waals surface area contributed by atoms with Gasteiger partial charge in [0.05, 0.1) is 32.5 Å². The Balaban J connectivity index is 1.33. The molecule has 1 aliphatic carbocycles. The van der Waals surface area contributed by atoms with Crippen molar-refractivity contribution in [3.8, 4) is 0 Å². The average molecular weight is 527 g/mol. The van der Waals surface area contributed by atoms with E-state index in [1.165, 1.54) is 0 Å². The SMILES string of the molecule is O=P1(OCc2ccccc2)OC[C@H]2[C@H](OCc3ccccc3)[C@@H](O)[C@H](OCc3ccccc3)[C@@H](O)[C@@H]2O1. The quantitative estimate of drug-likeness (QED) is 0.399. The number of fused-ring (bicyclic) bond motifs is 1. The molecular weight excluding hydrogens is 495 g/mol. The first-order valence-electron chi connectivity index (χ1n) is 12.3. The maximum absolute atomic E-state index is 13.3. The van der Waals surface area contributed by atoms with Crippen LogP contribution in [0.25, 0.3) is 0 Å². The molecule has 1 unspecified atom stereocenters. The molecule has 5 rings (SSSR count). The van der Waals surface area contributed by atoms with Gasteiger partial charge in [0, 0.05) is 5.92 Å². The van der Waals surface area contributed by atoms with Crippen LogP contribution in [0.1, 0.15) is 16.7 Å². The normalized spacial score (nSPS) is 31.5. The van der Waals surface area contributed by atoms with Gasteiger partial charge < -0.3 is 19.7 Å². The lowest BCUT2D eigenvalue weighted by molar-refractivity contribution is -0.245. The van der Waals surface area contributed by atoms with Crippen LogP contribution < -0.4 is 0 Å². The topological polar surface area (TPSA) is 104 Å². The van der Waals surface area contributed by atoms with Crippen LogP contribution in [0, 0.1) is 5.92 Å². The van der Waals surface area contributed by atoms with Gasteiger partial charge in [0.15, 0.2) is 0 Å². The number of hydrogen-bond donors (Lipinski definition) is 2. The Kier molecular flexibility index (Phi) is 8.49. The van der Waals surface area contributed by atoms with Crippen molar-refractivity contribution in [2.24, 2.45) is 5.92 Å². The molecule has 0 spiro atoms. The second-order valence-electron chi connectivity index (χ2n) is 9.24. The van der Waals surface area contributed by atoms with Gasteiger partial charge in [0.1, 0.15) is 24.4 Å². The third-order valence-corrected chi connectivity index (χ3v) is 8.08. The summed E-state index contributed by atoms with van der Waals surface area (Å²) in [5.41, 5.74) is 2.61. The summed E-state index contributed by atoms with van der Waals surface area (Å²) in [5, 5.41) is 22.5. The van der Waals surface area contributed by atoms with Crippen LogP contribution >= 0.6 is 7.82 Å². The van der Waals surface area contributed by atoms with E-state index in [9.17, 15) is 14.8 Å². The minimum absolute atomic E-state index is 0.0239. The van der Waals surface area contributed by atoms with E-state index in [0.29, 0.717) is 0 Å². The Bertz CT molecular complexity index is 1160. The lowest BCUT2D eigenvalue weighted by Gasteiger charge is -2.49. The fraction of sp³-hybridized carbons (Fsp3) is 0.357. The molecule has 3 aromatic carbocycles. The highest BCUT2D eigenvalue weighted by Crippen LogP contribution is 2.57. The molecule has 3 aromatic rings. The Morgan fingerprint density at radius 3 is 1.73 bits per heavy atom. The molecule has 196 valence electrons. The lowest BCUT2D eigenvalue weighted by Crippen LogP contribution is -2.64. The van der Waals surface area contributed by atoms with E-state index in [1.807, 2.05) is 91.0 Å². The van der Waals surface area contributed by atoms with Crippen molar-refractivity contribution in [1.82, 2.24) is 0 Å². The molecule has 0 radical (unpaired) electrons. The predicted octanol–water partition coefficient (Wildman–Crippen LogP) is 4.25. The van der Waals surface area contributed by atoms with Gasteiger partial charge in [-0.05, 0) is 16.7 Å². The molecule has 0 aromatic heterocycles. The summed E-state index contributed by atoms with van der Waals surface area (Å²) in [6.45, 7) is 0.350. The van der Waals surface area contributed by atoms with Crippen molar-refractivity contribution >= 4 is 7.82 Å². The summed E-state index contributed by atoms with van der Waals surface area (Å²) < 4.78 is 42.4.